The molecule has 0 aliphatic heterocycles. The van der Waals surface area contributed by atoms with E-state index in [1.165, 1.54) is 23.4 Å². The van der Waals surface area contributed by atoms with Crippen molar-refractivity contribution < 1.29 is 4.39 Å². The van der Waals surface area contributed by atoms with Gasteiger partial charge in [-0.25, -0.2) is 14.1 Å². The van der Waals surface area contributed by atoms with Crippen LogP contribution in [0.15, 0.2) is 72.4 Å². The van der Waals surface area contributed by atoms with Crippen molar-refractivity contribution in [3.05, 3.63) is 84.5 Å². The molecule has 0 amide bonds. The Morgan fingerprint density at radius 2 is 2.04 bits per heavy atom. The first kappa shape index (κ1) is 15.5. The fourth-order valence-corrected chi connectivity index (χ4v) is 2.05. The van der Waals surface area contributed by atoms with E-state index < -0.39 is 0 Å². The van der Waals surface area contributed by atoms with Crippen LogP contribution in [0.1, 0.15) is 11.3 Å². The highest BCUT2D eigenvalue weighted by Gasteiger charge is 2.06. The number of nitrogens with zero attached hydrogens (tertiary/aromatic N) is 5. The third-order valence-corrected chi connectivity index (χ3v) is 3.27. The summed E-state index contributed by atoms with van der Waals surface area (Å²) in [6.07, 6.45) is 6.19. The summed E-state index contributed by atoms with van der Waals surface area (Å²) in [4.78, 5) is 12.5. The summed E-state index contributed by atoms with van der Waals surface area (Å²) in [5, 5.41) is 4.06. The number of halogens is 1. The topological polar surface area (TPSA) is 82.0 Å². The molecular weight excluding hydrogens is 307 g/mol. The molecule has 3 aromatic rings. The zero-order valence-electron chi connectivity index (χ0n) is 12.7. The highest BCUT2D eigenvalue weighted by atomic mass is 19.1. The molecule has 0 atom stereocenters. The van der Waals surface area contributed by atoms with Crippen LogP contribution < -0.4 is 5.73 Å². The molecule has 3 rings (SSSR count). The number of pyridine rings is 1. The maximum Gasteiger partial charge on any atom is 0.153 e. The van der Waals surface area contributed by atoms with Crippen molar-refractivity contribution in [1.29, 1.82) is 0 Å². The predicted molar refractivity (Wildman–Crippen MR) is 89.4 cm³/mol. The van der Waals surface area contributed by atoms with E-state index in [0.29, 0.717) is 22.8 Å². The highest BCUT2D eigenvalue weighted by Crippen LogP contribution is 2.09. The van der Waals surface area contributed by atoms with E-state index in [0.717, 1.165) is 0 Å². The number of allylic oxidation sites excluding steroid dienone is 1. The molecule has 120 valence electrons. The van der Waals surface area contributed by atoms with E-state index in [4.69, 9.17) is 5.73 Å². The van der Waals surface area contributed by atoms with Crippen LogP contribution in [-0.4, -0.2) is 25.6 Å². The van der Waals surface area contributed by atoms with Crippen LogP contribution in [0.25, 0.3) is 5.70 Å². The third-order valence-electron chi connectivity index (χ3n) is 3.27. The minimum atomic E-state index is -0.305. The van der Waals surface area contributed by atoms with Crippen molar-refractivity contribution in [3.63, 3.8) is 0 Å². The first-order valence-electron chi connectivity index (χ1n) is 7.25. The molecular formula is C17H15FN6. The maximum atomic E-state index is 13.8. The van der Waals surface area contributed by atoms with Crippen molar-refractivity contribution in [2.75, 3.05) is 0 Å². The molecule has 7 heteroatoms. The van der Waals surface area contributed by atoms with Gasteiger partial charge in [-0.1, -0.05) is 24.3 Å². The van der Waals surface area contributed by atoms with Gasteiger partial charge in [0, 0.05) is 17.8 Å². The Hall–Kier alpha value is -3.35. The van der Waals surface area contributed by atoms with Gasteiger partial charge in [0.15, 0.2) is 5.84 Å². The standard InChI is InChI=1S/C17H15FN6/c18-14-6-2-1-5-13(14)10-22-17(24-12-20-11-23-24)9-15(19)16-7-3-4-8-21-16/h1-9,11-12H,10,19H2. The average Bonchev–Trinajstić information content (AvgIpc) is 3.15. The fourth-order valence-electron chi connectivity index (χ4n) is 2.05. The van der Waals surface area contributed by atoms with Crippen LogP contribution in [0, 0.1) is 5.82 Å². The molecule has 2 N–H and O–H groups in total. The van der Waals surface area contributed by atoms with E-state index in [-0.39, 0.29) is 12.4 Å². The largest absolute Gasteiger partial charge is 0.397 e. The van der Waals surface area contributed by atoms with Gasteiger partial charge < -0.3 is 5.73 Å². The fraction of sp³-hybridized carbons (Fsp3) is 0.0588. The molecule has 1 aromatic carbocycles. The van der Waals surface area contributed by atoms with Gasteiger partial charge in [0.1, 0.15) is 18.5 Å². The Kier molecular flexibility index (Phi) is 4.71. The highest BCUT2D eigenvalue weighted by molar-refractivity contribution is 5.99. The molecule has 0 spiro atoms. The van der Waals surface area contributed by atoms with Crippen LogP contribution in [0.2, 0.25) is 0 Å². The first-order chi connectivity index (χ1) is 11.7. The van der Waals surface area contributed by atoms with E-state index in [1.54, 1.807) is 42.6 Å². The Labute approximate surface area is 138 Å². The molecule has 0 radical (unpaired) electrons. The van der Waals surface area contributed by atoms with Gasteiger partial charge in [0.05, 0.1) is 17.9 Å². The molecule has 0 bridgehead atoms. The lowest BCUT2D eigenvalue weighted by Gasteiger charge is -2.05. The van der Waals surface area contributed by atoms with E-state index >= 15 is 0 Å². The molecule has 0 aliphatic rings. The summed E-state index contributed by atoms with van der Waals surface area (Å²) in [5.41, 5.74) is 7.62. The number of nitrogens with two attached hydrogens (primary N) is 1. The molecule has 0 saturated heterocycles. The lowest BCUT2D eigenvalue weighted by molar-refractivity contribution is 0.610. The quantitative estimate of drug-likeness (QED) is 0.590. The number of aromatic nitrogens is 4. The molecule has 24 heavy (non-hydrogen) atoms. The maximum absolute atomic E-state index is 13.8. The van der Waals surface area contributed by atoms with Gasteiger partial charge in [-0.05, 0) is 18.2 Å². The Morgan fingerprint density at radius 1 is 1.21 bits per heavy atom. The summed E-state index contributed by atoms with van der Waals surface area (Å²) in [7, 11) is 0. The minimum absolute atomic E-state index is 0.161. The Morgan fingerprint density at radius 3 is 2.75 bits per heavy atom. The second-order valence-electron chi connectivity index (χ2n) is 4.92. The zero-order chi connectivity index (χ0) is 16.8. The summed E-state index contributed by atoms with van der Waals surface area (Å²) < 4.78 is 15.2. The van der Waals surface area contributed by atoms with Crippen LogP contribution in [0.5, 0.6) is 0 Å². The smallest absolute Gasteiger partial charge is 0.153 e. The average molecular weight is 322 g/mol. The summed E-state index contributed by atoms with van der Waals surface area (Å²) in [6, 6.07) is 11.9. The normalized spacial score (nSPS) is 12.4. The summed E-state index contributed by atoms with van der Waals surface area (Å²) in [6.45, 7) is 0.161. The lowest BCUT2D eigenvalue weighted by Crippen LogP contribution is -2.13. The van der Waals surface area contributed by atoms with Gasteiger partial charge in [0.25, 0.3) is 0 Å². The van der Waals surface area contributed by atoms with Crippen LogP contribution in [0.3, 0.4) is 0 Å². The molecule has 2 heterocycles. The lowest BCUT2D eigenvalue weighted by atomic mass is 10.2. The van der Waals surface area contributed by atoms with Crippen molar-refractivity contribution in [1.82, 2.24) is 19.7 Å². The van der Waals surface area contributed by atoms with Gasteiger partial charge >= 0.3 is 0 Å². The molecule has 6 nitrogen and oxygen atoms in total. The second-order valence-corrected chi connectivity index (χ2v) is 4.92. The number of benzene rings is 1. The van der Waals surface area contributed by atoms with Crippen molar-refractivity contribution in [2.24, 2.45) is 10.7 Å². The number of hydrogen-bond acceptors (Lipinski definition) is 5. The van der Waals surface area contributed by atoms with Crippen LogP contribution in [0.4, 0.5) is 4.39 Å². The van der Waals surface area contributed by atoms with Gasteiger partial charge in [-0.3, -0.25) is 9.98 Å². The van der Waals surface area contributed by atoms with Crippen molar-refractivity contribution in [3.8, 4) is 0 Å². The number of rotatable bonds is 4. The summed E-state index contributed by atoms with van der Waals surface area (Å²) >= 11 is 0. The van der Waals surface area contributed by atoms with Crippen molar-refractivity contribution >= 4 is 11.5 Å². The Bertz CT molecular complexity index is 856. The monoisotopic (exact) mass is 322 g/mol. The molecule has 0 fully saturated rings. The first-order valence-corrected chi connectivity index (χ1v) is 7.25. The SMILES string of the molecule is NC(=CC(=NCc1ccccc1F)n1cncn1)c1ccccn1. The predicted octanol–water partition coefficient (Wildman–Crippen LogP) is 2.26. The molecule has 0 aliphatic carbocycles. The Balaban J connectivity index is 1.93. The van der Waals surface area contributed by atoms with Gasteiger partial charge in [-0.2, -0.15) is 5.10 Å². The second kappa shape index (κ2) is 7.28. The van der Waals surface area contributed by atoms with Gasteiger partial charge in [-0.15, -0.1) is 0 Å². The number of aliphatic imine (C=N–C) groups is 1. The molecule has 2 aromatic heterocycles. The minimum Gasteiger partial charge on any atom is -0.397 e. The number of hydrogen-bond donors (Lipinski definition) is 1. The van der Waals surface area contributed by atoms with E-state index in [9.17, 15) is 4.39 Å². The summed E-state index contributed by atoms with van der Waals surface area (Å²) in [5.74, 6) is 0.139. The van der Waals surface area contributed by atoms with Crippen molar-refractivity contribution in [2.45, 2.75) is 6.54 Å². The molecule has 0 saturated carbocycles. The van der Waals surface area contributed by atoms with Crippen LogP contribution in [-0.2, 0) is 6.54 Å². The van der Waals surface area contributed by atoms with E-state index in [2.05, 4.69) is 20.1 Å². The third kappa shape index (κ3) is 3.70. The van der Waals surface area contributed by atoms with Crippen LogP contribution >= 0.6 is 0 Å². The van der Waals surface area contributed by atoms with Gasteiger partial charge in [0.2, 0.25) is 0 Å². The van der Waals surface area contributed by atoms with E-state index in [1.807, 2.05) is 6.07 Å². The zero-order valence-corrected chi connectivity index (χ0v) is 12.7. The molecule has 0 unspecified atom stereocenters.